The summed E-state index contributed by atoms with van der Waals surface area (Å²) in [7, 11) is 0. The van der Waals surface area contributed by atoms with Crippen molar-refractivity contribution < 1.29 is 0 Å². The summed E-state index contributed by atoms with van der Waals surface area (Å²) in [6, 6.07) is 4.03. The molecule has 2 aromatic rings. The van der Waals surface area contributed by atoms with Gasteiger partial charge in [-0.2, -0.15) is 0 Å². The number of nitrogens with zero attached hydrogens (tertiary/aromatic N) is 2. The van der Waals surface area contributed by atoms with E-state index in [1.54, 1.807) is 0 Å². The van der Waals surface area contributed by atoms with Crippen LogP contribution in [0.4, 0.5) is 0 Å². The molecule has 2 nitrogen and oxygen atoms in total. The van der Waals surface area contributed by atoms with Crippen LogP contribution in [0.5, 0.6) is 0 Å². The minimum Gasteiger partial charge on any atom is -0.148 e. The standard InChI is InChI=1S/C19H22BrClN2/c1-3-4-5-6-7-8-9-10-11-17-18(21)15-12-14(2)13-16(20)19(15)23-22-17/h12-13H,3-9H2,1-2H3. The Balaban J connectivity index is 2.02. The first-order chi connectivity index (χ1) is 11.1. The Morgan fingerprint density at radius 2 is 1.83 bits per heavy atom. The number of unbranched alkanes of at least 4 members (excludes halogenated alkanes) is 6. The molecule has 1 aromatic carbocycles. The van der Waals surface area contributed by atoms with Crippen LogP contribution < -0.4 is 0 Å². The summed E-state index contributed by atoms with van der Waals surface area (Å²) in [4.78, 5) is 0. The SMILES string of the molecule is CCCCCCCCC#Cc1nnc2c(Br)cc(C)cc2c1Cl. The van der Waals surface area contributed by atoms with Gasteiger partial charge in [-0.3, -0.25) is 0 Å². The van der Waals surface area contributed by atoms with E-state index in [4.69, 9.17) is 11.6 Å². The highest BCUT2D eigenvalue weighted by Gasteiger charge is 2.10. The zero-order valence-corrected chi connectivity index (χ0v) is 16.1. The first kappa shape index (κ1) is 18.2. The number of aryl methyl sites for hydroxylation is 1. The first-order valence-electron chi connectivity index (χ1n) is 8.24. The van der Waals surface area contributed by atoms with Crippen LogP contribution in [-0.2, 0) is 0 Å². The van der Waals surface area contributed by atoms with Crippen molar-refractivity contribution in [3.05, 3.63) is 32.9 Å². The molecule has 0 atom stereocenters. The van der Waals surface area contributed by atoms with Gasteiger partial charge in [-0.15, -0.1) is 10.2 Å². The lowest BCUT2D eigenvalue weighted by Gasteiger charge is -2.04. The van der Waals surface area contributed by atoms with Crippen molar-refractivity contribution >= 4 is 38.4 Å². The fraction of sp³-hybridized carbons (Fsp3) is 0.474. The highest BCUT2D eigenvalue weighted by molar-refractivity contribution is 9.10. The molecule has 0 fully saturated rings. The number of benzene rings is 1. The van der Waals surface area contributed by atoms with Crippen LogP contribution in [0, 0.1) is 18.8 Å². The van der Waals surface area contributed by atoms with Crippen molar-refractivity contribution in [2.75, 3.05) is 0 Å². The smallest absolute Gasteiger partial charge is 0.148 e. The second-order valence-electron chi connectivity index (χ2n) is 5.83. The molecule has 0 saturated carbocycles. The number of fused-ring (bicyclic) bond motifs is 1. The summed E-state index contributed by atoms with van der Waals surface area (Å²) in [5.74, 6) is 6.25. The predicted octanol–water partition coefficient (Wildman–Crippen LogP) is 6.46. The molecule has 2 rings (SSSR count). The van der Waals surface area contributed by atoms with E-state index in [0.717, 1.165) is 33.8 Å². The van der Waals surface area contributed by atoms with E-state index in [2.05, 4.69) is 44.9 Å². The molecule has 0 radical (unpaired) electrons. The van der Waals surface area contributed by atoms with Gasteiger partial charge in [0, 0.05) is 16.3 Å². The molecular formula is C19H22BrClN2. The molecule has 0 aliphatic heterocycles. The molecule has 0 aliphatic carbocycles. The average Bonchev–Trinajstić information content (AvgIpc) is 2.52. The normalized spacial score (nSPS) is 10.6. The second-order valence-corrected chi connectivity index (χ2v) is 7.06. The Hall–Kier alpha value is -1.11. The summed E-state index contributed by atoms with van der Waals surface area (Å²) in [5.41, 5.74) is 2.48. The largest absolute Gasteiger partial charge is 0.155 e. The fourth-order valence-corrected chi connectivity index (χ4v) is 3.38. The number of hydrogen-bond acceptors (Lipinski definition) is 2. The van der Waals surface area contributed by atoms with Gasteiger partial charge in [0.25, 0.3) is 0 Å². The van der Waals surface area contributed by atoms with E-state index in [1.807, 2.05) is 19.1 Å². The molecule has 4 heteroatoms. The van der Waals surface area contributed by atoms with Gasteiger partial charge in [-0.25, -0.2) is 0 Å². The highest BCUT2D eigenvalue weighted by Crippen LogP contribution is 2.30. The maximum atomic E-state index is 6.46. The lowest BCUT2D eigenvalue weighted by Crippen LogP contribution is -1.93. The van der Waals surface area contributed by atoms with Gasteiger partial charge < -0.3 is 0 Å². The number of hydrogen-bond donors (Lipinski definition) is 0. The van der Waals surface area contributed by atoms with Crippen LogP contribution in [0.2, 0.25) is 5.02 Å². The average molecular weight is 394 g/mol. The molecule has 1 aromatic heterocycles. The molecule has 0 N–H and O–H groups in total. The van der Waals surface area contributed by atoms with Gasteiger partial charge in [-0.1, -0.05) is 56.5 Å². The Morgan fingerprint density at radius 1 is 1.09 bits per heavy atom. The molecule has 0 spiro atoms. The number of rotatable bonds is 6. The van der Waals surface area contributed by atoms with E-state index >= 15 is 0 Å². The quantitative estimate of drug-likeness (QED) is 0.416. The summed E-state index contributed by atoms with van der Waals surface area (Å²) in [5, 5.41) is 9.91. The lowest BCUT2D eigenvalue weighted by atomic mass is 10.1. The van der Waals surface area contributed by atoms with Crippen molar-refractivity contribution in [1.82, 2.24) is 10.2 Å². The van der Waals surface area contributed by atoms with Crippen molar-refractivity contribution in [2.24, 2.45) is 0 Å². The fourth-order valence-electron chi connectivity index (χ4n) is 2.49. The molecule has 0 bridgehead atoms. The summed E-state index contributed by atoms with van der Waals surface area (Å²) < 4.78 is 0.911. The third-order valence-corrected chi connectivity index (χ3v) is 4.75. The maximum absolute atomic E-state index is 6.46. The zero-order chi connectivity index (χ0) is 16.7. The maximum Gasteiger partial charge on any atom is 0.155 e. The van der Waals surface area contributed by atoms with E-state index in [9.17, 15) is 0 Å². The first-order valence-corrected chi connectivity index (χ1v) is 9.41. The molecular weight excluding hydrogens is 372 g/mol. The molecule has 0 aliphatic rings. The lowest BCUT2D eigenvalue weighted by molar-refractivity contribution is 0.614. The molecule has 0 unspecified atom stereocenters. The Morgan fingerprint density at radius 3 is 2.61 bits per heavy atom. The van der Waals surface area contributed by atoms with Gasteiger partial charge >= 0.3 is 0 Å². The van der Waals surface area contributed by atoms with Crippen molar-refractivity contribution in [2.45, 2.75) is 58.8 Å². The van der Waals surface area contributed by atoms with Crippen molar-refractivity contribution in [3.8, 4) is 11.8 Å². The van der Waals surface area contributed by atoms with Crippen LogP contribution in [0.1, 0.15) is 63.1 Å². The van der Waals surface area contributed by atoms with Crippen LogP contribution in [-0.4, -0.2) is 10.2 Å². The molecule has 122 valence electrons. The Labute approximate surface area is 152 Å². The Bertz CT molecular complexity index is 731. The van der Waals surface area contributed by atoms with E-state index in [-0.39, 0.29) is 0 Å². The highest BCUT2D eigenvalue weighted by atomic mass is 79.9. The Kier molecular flexibility index (Phi) is 7.33. The van der Waals surface area contributed by atoms with Gasteiger partial charge in [0.2, 0.25) is 0 Å². The van der Waals surface area contributed by atoms with Gasteiger partial charge in [0.1, 0.15) is 5.52 Å². The van der Waals surface area contributed by atoms with Gasteiger partial charge in [0.15, 0.2) is 5.69 Å². The van der Waals surface area contributed by atoms with E-state index in [1.165, 1.54) is 32.1 Å². The molecule has 23 heavy (non-hydrogen) atoms. The van der Waals surface area contributed by atoms with Crippen molar-refractivity contribution in [3.63, 3.8) is 0 Å². The summed E-state index contributed by atoms with van der Waals surface area (Å²) in [6.45, 7) is 4.27. The van der Waals surface area contributed by atoms with Crippen LogP contribution in [0.15, 0.2) is 16.6 Å². The molecule has 0 amide bonds. The van der Waals surface area contributed by atoms with E-state index in [0.29, 0.717) is 10.7 Å². The minimum atomic E-state index is 0.572. The number of aromatic nitrogens is 2. The van der Waals surface area contributed by atoms with Crippen LogP contribution in [0.25, 0.3) is 10.9 Å². The third kappa shape index (κ3) is 5.19. The zero-order valence-electron chi connectivity index (χ0n) is 13.8. The van der Waals surface area contributed by atoms with Crippen LogP contribution >= 0.6 is 27.5 Å². The molecule has 0 saturated heterocycles. The monoisotopic (exact) mass is 392 g/mol. The third-order valence-electron chi connectivity index (χ3n) is 3.76. The second kappa shape index (κ2) is 9.25. The number of halogens is 2. The topological polar surface area (TPSA) is 25.8 Å². The van der Waals surface area contributed by atoms with Gasteiger partial charge in [-0.05, 0) is 52.9 Å². The minimum absolute atomic E-state index is 0.572. The van der Waals surface area contributed by atoms with Crippen LogP contribution in [0.3, 0.4) is 0 Å². The van der Waals surface area contributed by atoms with Gasteiger partial charge in [0.05, 0.1) is 5.02 Å². The van der Waals surface area contributed by atoms with E-state index < -0.39 is 0 Å². The predicted molar refractivity (Wildman–Crippen MR) is 102 cm³/mol. The summed E-state index contributed by atoms with van der Waals surface area (Å²) in [6.07, 6.45) is 8.54. The molecule has 1 heterocycles. The summed E-state index contributed by atoms with van der Waals surface area (Å²) >= 11 is 9.97. The van der Waals surface area contributed by atoms with Crippen molar-refractivity contribution in [1.29, 1.82) is 0 Å².